The van der Waals surface area contributed by atoms with Crippen LogP contribution in [0.2, 0.25) is 0 Å². The van der Waals surface area contributed by atoms with E-state index in [4.69, 9.17) is 4.74 Å². The van der Waals surface area contributed by atoms with Crippen molar-refractivity contribution >= 4 is 23.5 Å². The third-order valence-electron chi connectivity index (χ3n) is 4.59. The van der Waals surface area contributed by atoms with Crippen LogP contribution in [0.5, 0.6) is 0 Å². The van der Waals surface area contributed by atoms with Crippen LogP contribution in [0.4, 0.5) is 5.82 Å². The molecule has 0 aliphatic carbocycles. The molecule has 0 fully saturated rings. The van der Waals surface area contributed by atoms with Crippen LogP contribution in [0, 0.1) is 12.8 Å². The quantitative estimate of drug-likeness (QED) is 0.452. The van der Waals surface area contributed by atoms with Gasteiger partial charge >= 0.3 is 5.97 Å². The highest BCUT2D eigenvalue weighted by atomic mass is 32.2. The Bertz CT molecular complexity index is 977. The summed E-state index contributed by atoms with van der Waals surface area (Å²) in [6.07, 6.45) is 0. The van der Waals surface area contributed by atoms with Crippen LogP contribution in [0.1, 0.15) is 43.4 Å². The van der Waals surface area contributed by atoms with Crippen LogP contribution in [0.25, 0.3) is 0 Å². The van der Waals surface area contributed by atoms with Gasteiger partial charge in [0.25, 0.3) is 5.56 Å². The fourth-order valence-corrected chi connectivity index (χ4v) is 4.03. The number of hydrogen-bond donors (Lipinski definition) is 2. The Morgan fingerprint density at radius 3 is 2.54 bits per heavy atom. The van der Waals surface area contributed by atoms with Crippen molar-refractivity contribution in [1.29, 1.82) is 0 Å². The Morgan fingerprint density at radius 2 is 1.93 bits per heavy atom. The zero-order valence-electron chi connectivity index (χ0n) is 16.8. The minimum atomic E-state index is -0.537. The Kier molecular flexibility index (Phi) is 5.93. The number of aryl methyl sites for hydroxylation is 1. The predicted molar refractivity (Wildman–Crippen MR) is 112 cm³/mol. The Balaban J connectivity index is 2.16. The highest BCUT2D eigenvalue weighted by Crippen LogP contribution is 2.40. The predicted octanol–water partition coefficient (Wildman–Crippen LogP) is 3.83. The van der Waals surface area contributed by atoms with Gasteiger partial charge in [0, 0.05) is 11.4 Å². The summed E-state index contributed by atoms with van der Waals surface area (Å²) in [5.41, 5.74) is 3.21. The Labute approximate surface area is 168 Å². The zero-order chi connectivity index (χ0) is 20.4. The summed E-state index contributed by atoms with van der Waals surface area (Å²) in [5.74, 6) is 0.826. The smallest absolute Gasteiger partial charge is 0.336 e. The van der Waals surface area contributed by atoms with Crippen LogP contribution in [-0.4, -0.2) is 28.8 Å². The summed E-state index contributed by atoms with van der Waals surface area (Å²) in [6, 6.07) is 7.81. The van der Waals surface area contributed by atoms with Crippen LogP contribution in [-0.2, 0) is 9.53 Å². The van der Waals surface area contributed by atoms with E-state index in [1.807, 2.05) is 31.2 Å². The monoisotopic (exact) mass is 399 g/mol. The van der Waals surface area contributed by atoms with Crippen molar-refractivity contribution in [2.24, 2.45) is 5.92 Å². The maximum absolute atomic E-state index is 13.0. The average Bonchev–Trinajstić information content (AvgIpc) is 2.65. The van der Waals surface area contributed by atoms with Gasteiger partial charge in [0.15, 0.2) is 5.16 Å². The molecule has 0 amide bonds. The van der Waals surface area contributed by atoms with E-state index in [0.29, 0.717) is 33.7 Å². The van der Waals surface area contributed by atoms with E-state index in [2.05, 4.69) is 29.1 Å². The normalized spacial score (nSPS) is 16.0. The number of aromatic amines is 1. The second-order valence-corrected chi connectivity index (χ2v) is 8.35. The number of anilines is 1. The number of rotatable bonds is 5. The number of fused-ring (bicyclic) bond motifs is 1. The minimum Gasteiger partial charge on any atom is -0.466 e. The van der Waals surface area contributed by atoms with Gasteiger partial charge in [-0.05, 0) is 25.3 Å². The van der Waals surface area contributed by atoms with Gasteiger partial charge in [-0.3, -0.25) is 4.79 Å². The van der Waals surface area contributed by atoms with Gasteiger partial charge in [-0.25, -0.2) is 9.78 Å². The Hall–Kier alpha value is -2.54. The topological polar surface area (TPSA) is 84.1 Å². The molecule has 2 heterocycles. The van der Waals surface area contributed by atoms with Gasteiger partial charge in [0.1, 0.15) is 5.82 Å². The summed E-state index contributed by atoms with van der Waals surface area (Å²) < 4.78 is 5.01. The molecular weight excluding hydrogens is 374 g/mol. The summed E-state index contributed by atoms with van der Waals surface area (Å²) in [4.78, 5) is 33.1. The summed E-state index contributed by atoms with van der Waals surface area (Å²) in [6.45, 7) is 8.03. The van der Waals surface area contributed by atoms with Gasteiger partial charge < -0.3 is 15.0 Å². The number of nitrogens with zero attached hydrogens (tertiary/aromatic N) is 1. The van der Waals surface area contributed by atoms with E-state index >= 15 is 0 Å². The number of allylic oxidation sites excluding steroid dienone is 1. The second kappa shape index (κ2) is 8.22. The molecule has 2 aromatic rings. The SMILES string of the molecule is COC(=O)C1=C(C)Nc2nc(SCC(C)C)[nH]c(=O)c2[C@H]1c1ccc(C)cc1. The minimum absolute atomic E-state index is 0.247. The maximum atomic E-state index is 13.0. The third-order valence-corrected chi connectivity index (χ3v) is 5.89. The highest BCUT2D eigenvalue weighted by Gasteiger charge is 2.36. The molecule has 0 radical (unpaired) electrons. The van der Waals surface area contributed by atoms with E-state index in [1.54, 1.807) is 6.92 Å². The van der Waals surface area contributed by atoms with Gasteiger partial charge in [-0.1, -0.05) is 55.4 Å². The van der Waals surface area contributed by atoms with Crippen molar-refractivity contribution in [3.8, 4) is 0 Å². The van der Waals surface area contributed by atoms with E-state index < -0.39 is 11.9 Å². The van der Waals surface area contributed by atoms with Crippen LogP contribution >= 0.6 is 11.8 Å². The van der Waals surface area contributed by atoms with E-state index in [0.717, 1.165) is 16.9 Å². The number of benzene rings is 1. The van der Waals surface area contributed by atoms with E-state index in [1.165, 1.54) is 18.9 Å². The Morgan fingerprint density at radius 1 is 1.25 bits per heavy atom. The first-order chi connectivity index (χ1) is 13.3. The number of methoxy groups -OCH3 is 1. The van der Waals surface area contributed by atoms with E-state index in [-0.39, 0.29) is 5.56 Å². The van der Waals surface area contributed by atoms with Crippen LogP contribution < -0.4 is 10.9 Å². The number of carbonyl (C=O) groups is 1. The van der Waals surface area contributed by atoms with Crippen molar-refractivity contribution in [3.63, 3.8) is 0 Å². The second-order valence-electron chi connectivity index (χ2n) is 7.34. The lowest BCUT2D eigenvalue weighted by Gasteiger charge is -2.28. The molecule has 1 atom stereocenters. The molecule has 148 valence electrons. The number of carbonyl (C=O) groups excluding carboxylic acids is 1. The van der Waals surface area contributed by atoms with Crippen molar-refractivity contribution < 1.29 is 9.53 Å². The lowest BCUT2D eigenvalue weighted by atomic mass is 9.82. The molecule has 28 heavy (non-hydrogen) atoms. The molecule has 1 aliphatic rings. The molecule has 2 N–H and O–H groups in total. The van der Waals surface area contributed by atoms with Gasteiger partial charge in [0.05, 0.1) is 24.2 Å². The molecule has 0 saturated heterocycles. The molecule has 0 bridgehead atoms. The number of thioether (sulfide) groups is 1. The van der Waals surface area contributed by atoms with Gasteiger partial charge in [-0.2, -0.15) is 0 Å². The lowest BCUT2D eigenvalue weighted by Crippen LogP contribution is -2.31. The van der Waals surface area contributed by atoms with E-state index in [9.17, 15) is 9.59 Å². The number of nitrogens with one attached hydrogen (secondary N) is 2. The average molecular weight is 400 g/mol. The van der Waals surface area contributed by atoms with Crippen molar-refractivity contribution in [3.05, 3.63) is 62.6 Å². The molecule has 6 nitrogen and oxygen atoms in total. The first kappa shape index (κ1) is 20.2. The molecule has 0 spiro atoms. The first-order valence-electron chi connectivity index (χ1n) is 9.21. The standard InChI is InChI=1S/C21H25N3O3S/c1-11(2)10-28-21-23-18-17(19(25)24-21)16(14-8-6-12(3)7-9-14)15(13(4)22-18)20(26)27-5/h6-9,11,16H,10H2,1-5H3,(H2,22,23,24,25)/t16-/m0/s1. The van der Waals surface area contributed by atoms with Crippen LogP contribution in [0.15, 0.2) is 45.5 Å². The first-order valence-corrected chi connectivity index (χ1v) is 10.2. The number of ether oxygens (including phenoxy) is 1. The van der Waals surface area contributed by atoms with Gasteiger partial charge in [0.2, 0.25) is 0 Å². The highest BCUT2D eigenvalue weighted by molar-refractivity contribution is 7.99. The lowest BCUT2D eigenvalue weighted by molar-refractivity contribution is -0.136. The maximum Gasteiger partial charge on any atom is 0.336 e. The van der Waals surface area contributed by atoms with Crippen molar-refractivity contribution in [1.82, 2.24) is 9.97 Å². The molecule has 0 unspecified atom stereocenters. The third kappa shape index (κ3) is 3.99. The van der Waals surface area contributed by atoms with Crippen LogP contribution in [0.3, 0.4) is 0 Å². The summed E-state index contributed by atoms with van der Waals surface area (Å²) >= 11 is 1.51. The zero-order valence-corrected chi connectivity index (χ0v) is 17.6. The number of hydrogen-bond acceptors (Lipinski definition) is 6. The number of H-pyrrole nitrogens is 1. The number of esters is 1. The molecule has 7 heteroatoms. The fraction of sp³-hybridized carbons (Fsp3) is 0.381. The summed E-state index contributed by atoms with van der Waals surface area (Å²) in [7, 11) is 1.35. The van der Waals surface area contributed by atoms with Crippen molar-refractivity contribution in [2.75, 3.05) is 18.2 Å². The van der Waals surface area contributed by atoms with Gasteiger partial charge in [-0.15, -0.1) is 0 Å². The largest absolute Gasteiger partial charge is 0.466 e. The molecule has 0 saturated carbocycles. The molecule has 1 aromatic heterocycles. The van der Waals surface area contributed by atoms with Crippen molar-refractivity contribution in [2.45, 2.75) is 38.8 Å². The molecule has 1 aliphatic heterocycles. The fourth-order valence-electron chi connectivity index (χ4n) is 3.22. The number of aromatic nitrogens is 2. The molecule has 3 rings (SSSR count). The molecule has 1 aromatic carbocycles. The molecular formula is C21H25N3O3S. The summed E-state index contributed by atoms with van der Waals surface area (Å²) in [5, 5.41) is 3.71.